The van der Waals surface area contributed by atoms with Crippen LogP contribution in [0.5, 0.6) is 11.5 Å². The number of hydrogen-bond acceptors (Lipinski definition) is 2. The number of rotatable bonds is 2. The van der Waals surface area contributed by atoms with Gasteiger partial charge in [0.15, 0.2) is 0 Å². The number of ether oxygens (including phenoxy) is 2. The molecule has 3 aliphatic rings. The molecule has 28 heavy (non-hydrogen) atoms. The Balaban J connectivity index is 1.73. The number of hydrogen-bond donors (Lipinski definition) is 0. The third kappa shape index (κ3) is 3.21. The van der Waals surface area contributed by atoms with Crippen LogP contribution in [0, 0.1) is 5.92 Å². The summed E-state index contributed by atoms with van der Waals surface area (Å²) < 4.78 is 13.0. The molecule has 0 fully saturated rings. The van der Waals surface area contributed by atoms with Crippen molar-refractivity contribution in [3.63, 3.8) is 0 Å². The summed E-state index contributed by atoms with van der Waals surface area (Å²) in [5.41, 5.74) is 8.84. The van der Waals surface area contributed by atoms with Crippen molar-refractivity contribution in [2.45, 2.75) is 71.1 Å². The maximum atomic E-state index is 6.51. The molecule has 2 heteroatoms. The lowest BCUT2D eigenvalue weighted by Crippen LogP contribution is -2.19. The van der Waals surface area contributed by atoms with Crippen molar-refractivity contribution in [2.75, 3.05) is 13.2 Å². The Bertz CT molecular complexity index is 798. The van der Waals surface area contributed by atoms with Crippen molar-refractivity contribution in [1.82, 2.24) is 0 Å². The molecule has 0 spiro atoms. The molecule has 0 bridgehead atoms. The second-order valence-electron chi connectivity index (χ2n) is 8.84. The van der Waals surface area contributed by atoms with E-state index >= 15 is 0 Å². The Hall–Kier alpha value is -1.96. The van der Waals surface area contributed by atoms with E-state index in [1.54, 1.807) is 0 Å². The lowest BCUT2D eigenvalue weighted by atomic mass is 9.80. The highest BCUT2D eigenvalue weighted by Gasteiger charge is 2.28. The van der Waals surface area contributed by atoms with Crippen molar-refractivity contribution in [1.29, 1.82) is 0 Å². The molecule has 2 aromatic rings. The van der Waals surface area contributed by atoms with Crippen molar-refractivity contribution in [2.24, 2.45) is 5.92 Å². The standard InChI is InChI=1S/C26H32O2/c1-2-7-18-16-27-23-14-12-19-8-3-5-10-21(19)25(23)26-22-11-6-4-9-20(22)13-15-24(26)28-17-18/h12-15,18H,2-11,16-17H2,1H3. The fourth-order valence-corrected chi connectivity index (χ4v) is 5.44. The zero-order chi connectivity index (χ0) is 18.9. The third-order valence-corrected chi connectivity index (χ3v) is 6.89. The summed E-state index contributed by atoms with van der Waals surface area (Å²) in [4.78, 5) is 0. The monoisotopic (exact) mass is 376 g/mol. The Morgan fingerprint density at radius 1 is 0.714 bits per heavy atom. The highest BCUT2D eigenvalue weighted by molar-refractivity contribution is 5.83. The van der Waals surface area contributed by atoms with Crippen molar-refractivity contribution in [3.05, 3.63) is 46.5 Å². The Kier molecular flexibility index (Phi) is 5.05. The van der Waals surface area contributed by atoms with Gasteiger partial charge in [0.1, 0.15) is 11.5 Å². The van der Waals surface area contributed by atoms with Crippen LogP contribution in [0.2, 0.25) is 0 Å². The molecule has 0 N–H and O–H groups in total. The molecule has 2 aromatic carbocycles. The molecular formula is C26H32O2. The molecule has 2 aliphatic carbocycles. The van der Waals surface area contributed by atoms with Crippen molar-refractivity contribution < 1.29 is 9.47 Å². The summed E-state index contributed by atoms with van der Waals surface area (Å²) in [6, 6.07) is 9.16. The van der Waals surface area contributed by atoms with Gasteiger partial charge in [-0.05, 0) is 92.2 Å². The molecule has 1 heterocycles. The molecule has 0 radical (unpaired) electrons. The molecule has 0 amide bonds. The highest BCUT2D eigenvalue weighted by atomic mass is 16.5. The Labute approximate surface area is 169 Å². The fraction of sp³-hybridized carbons (Fsp3) is 0.538. The van der Waals surface area contributed by atoms with Gasteiger partial charge in [0.05, 0.1) is 13.2 Å². The third-order valence-electron chi connectivity index (χ3n) is 6.89. The van der Waals surface area contributed by atoms with Gasteiger partial charge >= 0.3 is 0 Å². The minimum absolute atomic E-state index is 0.455. The predicted octanol–water partition coefficient (Wildman–Crippen LogP) is 6.30. The van der Waals surface area contributed by atoms with Crippen LogP contribution in [0.15, 0.2) is 24.3 Å². The van der Waals surface area contributed by atoms with Gasteiger partial charge in [0.25, 0.3) is 0 Å². The van der Waals surface area contributed by atoms with Gasteiger partial charge in [-0.25, -0.2) is 0 Å². The molecule has 0 unspecified atom stereocenters. The van der Waals surface area contributed by atoms with Gasteiger partial charge in [0.2, 0.25) is 0 Å². The van der Waals surface area contributed by atoms with E-state index in [9.17, 15) is 0 Å². The van der Waals surface area contributed by atoms with Crippen LogP contribution in [0.25, 0.3) is 11.1 Å². The maximum absolute atomic E-state index is 6.51. The zero-order valence-corrected chi connectivity index (χ0v) is 17.2. The summed E-state index contributed by atoms with van der Waals surface area (Å²) in [6.45, 7) is 3.77. The molecule has 2 nitrogen and oxygen atoms in total. The number of fused-ring (bicyclic) bond motifs is 7. The van der Waals surface area contributed by atoms with E-state index in [2.05, 4.69) is 31.2 Å². The van der Waals surface area contributed by atoms with E-state index < -0.39 is 0 Å². The summed E-state index contributed by atoms with van der Waals surface area (Å²) in [7, 11) is 0. The van der Waals surface area contributed by atoms with Gasteiger partial charge < -0.3 is 9.47 Å². The highest BCUT2D eigenvalue weighted by Crippen LogP contribution is 2.47. The van der Waals surface area contributed by atoms with E-state index in [1.165, 1.54) is 91.2 Å². The first-order chi connectivity index (χ1) is 13.8. The van der Waals surface area contributed by atoms with E-state index in [-0.39, 0.29) is 0 Å². The second-order valence-corrected chi connectivity index (χ2v) is 8.84. The van der Waals surface area contributed by atoms with Crippen LogP contribution in [0.1, 0.15) is 67.7 Å². The van der Waals surface area contributed by atoms with E-state index in [0.29, 0.717) is 5.92 Å². The van der Waals surface area contributed by atoms with Gasteiger partial charge in [-0.15, -0.1) is 0 Å². The van der Waals surface area contributed by atoms with E-state index in [4.69, 9.17) is 9.47 Å². The molecule has 0 atom stereocenters. The second kappa shape index (κ2) is 7.81. The van der Waals surface area contributed by atoms with Gasteiger partial charge in [-0.1, -0.05) is 25.5 Å². The quantitative estimate of drug-likeness (QED) is 0.612. The first-order valence-electron chi connectivity index (χ1n) is 11.4. The largest absolute Gasteiger partial charge is 0.493 e. The minimum Gasteiger partial charge on any atom is -0.493 e. The normalized spacial score (nSPS) is 18.9. The van der Waals surface area contributed by atoms with Gasteiger partial charge in [-0.2, -0.15) is 0 Å². The predicted molar refractivity (Wildman–Crippen MR) is 115 cm³/mol. The Morgan fingerprint density at radius 2 is 1.21 bits per heavy atom. The lowest BCUT2D eigenvalue weighted by molar-refractivity contribution is 0.172. The molecular weight excluding hydrogens is 344 g/mol. The smallest absolute Gasteiger partial charge is 0.127 e. The fourth-order valence-electron chi connectivity index (χ4n) is 5.44. The maximum Gasteiger partial charge on any atom is 0.127 e. The summed E-state index contributed by atoms with van der Waals surface area (Å²) >= 11 is 0. The summed E-state index contributed by atoms with van der Waals surface area (Å²) in [6.07, 6.45) is 12.3. The zero-order valence-electron chi connectivity index (χ0n) is 17.2. The Morgan fingerprint density at radius 3 is 1.71 bits per heavy atom. The average Bonchev–Trinajstić information content (AvgIpc) is 2.82. The summed E-state index contributed by atoms with van der Waals surface area (Å²) in [5, 5.41) is 0. The van der Waals surface area contributed by atoms with Crippen LogP contribution < -0.4 is 9.47 Å². The molecule has 5 rings (SSSR count). The van der Waals surface area contributed by atoms with Crippen LogP contribution in [-0.2, 0) is 25.7 Å². The lowest BCUT2D eigenvalue weighted by Gasteiger charge is -2.27. The molecule has 0 saturated heterocycles. The summed E-state index contributed by atoms with van der Waals surface area (Å²) in [5.74, 6) is 2.64. The minimum atomic E-state index is 0.455. The topological polar surface area (TPSA) is 18.5 Å². The average molecular weight is 377 g/mol. The first kappa shape index (κ1) is 18.1. The molecule has 0 aromatic heterocycles. The first-order valence-corrected chi connectivity index (χ1v) is 11.4. The molecule has 0 saturated carbocycles. The van der Waals surface area contributed by atoms with Gasteiger partial charge in [0, 0.05) is 17.0 Å². The van der Waals surface area contributed by atoms with Crippen LogP contribution in [0.3, 0.4) is 0 Å². The number of aryl methyl sites for hydroxylation is 2. The van der Waals surface area contributed by atoms with Crippen LogP contribution in [0.4, 0.5) is 0 Å². The van der Waals surface area contributed by atoms with Crippen molar-refractivity contribution in [3.8, 4) is 22.6 Å². The van der Waals surface area contributed by atoms with Crippen LogP contribution in [-0.4, -0.2) is 13.2 Å². The van der Waals surface area contributed by atoms with Crippen LogP contribution >= 0.6 is 0 Å². The molecule has 1 aliphatic heterocycles. The molecule has 148 valence electrons. The van der Waals surface area contributed by atoms with Crippen molar-refractivity contribution >= 4 is 0 Å². The SMILES string of the molecule is CCCC1COc2ccc3c(c2-c2c(ccc4c2CCCC4)OC1)CCCC3. The van der Waals surface area contributed by atoms with Gasteiger partial charge in [-0.3, -0.25) is 0 Å². The van der Waals surface area contributed by atoms with E-state index in [0.717, 1.165) is 31.1 Å². The van der Waals surface area contributed by atoms with E-state index in [1.807, 2.05) is 0 Å². The number of benzene rings is 2.